The van der Waals surface area contributed by atoms with Crippen molar-refractivity contribution in [3.8, 4) is 0 Å². The first-order valence-corrected chi connectivity index (χ1v) is 9.62. The molecule has 2 aromatic carbocycles. The minimum Gasteiger partial charge on any atom is -0.460 e. The van der Waals surface area contributed by atoms with Crippen molar-refractivity contribution < 1.29 is 14.5 Å². The van der Waals surface area contributed by atoms with Crippen LogP contribution in [0.1, 0.15) is 24.0 Å². The fraction of sp³-hybridized carbons (Fsp3) is 0.350. The van der Waals surface area contributed by atoms with E-state index < -0.39 is 10.3 Å². The summed E-state index contributed by atoms with van der Waals surface area (Å²) in [7, 11) is 2.01. The van der Waals surface area contributed by atoms with Gasteiger partial charge in [-0.3, -0.25) is 14.9 Å². The Bertz CT molecular complexity index is 882. The Balaban J connectivity index is 0.00000300. The Morgan fingerprint density at radius 3 is 2.31 bits per heavy atom. The minimum absolute atomic E-state index is 0. The average Bonchev–Trinajstić information content (AvgIpc) is 2.69. The second-order valence-corrected chi connectivity index (χ2v) is 7.83. The van der Waals surface area contributed by atoms with Crippen molar-refractivity contribution in [1.82, 2.24) is 4.90 Å². The Morgan fingerprint density at radius 2 is 1.76 bits per heavy atom. The van der Waals surface area contributed by atoms with Gasteiger partial charge in [0.15, 0.2) is 0 Å². The number of carbonyl (C=O) groups excluding carboxylic acids is 1. The molecular formula is C20H21Cl3N2O4. The number of esters is 1. The maximum absolute atomic E-state index is 13.1. The second-order valence-electron chi connectivity index (χ2n) is 7.01. The smallest absolute Gasteiger partial charge is 0.316 e. The molecule has 1 heterocycles. The van der Waals surface area contributed by atoms with E-state index in [1.807, 2.05) is 13.1 Å². The van der Waals surface area contributed by atoms with E-state index in [-0.39, 0.29) is 30.7 Å². The van der Waals surface area contributed by atoms with E-state index in [1.54, 1.807) is 24.3 Å². The lowest BCUT2D eigenvalue weighted by Gasteiger charge is -2.39. The van der Waals surface area contributed by atoms with E-state index in [9.17, 15) is 14.9 Å². The fourth-order valence-electron chi connectivity index (χ4n) is 3.41. The van der Waals surface area contributed by atoms with Gasteiger partial charge in [-0.05, 0) is 68.4 Å². The topological polar surface area (TPSA) is 72.7 Å². The third-order valence-electron chi connectivity index (χ3n) is 5.22. The highest BCUT2D eigenvalue weighted by Crippen LogP contribution is 2.39. The number of hydrogen-bond donors (Lipinski definition) is 0. The molecule has 0 spiro atoms. The second kappa shape index (κ2) is 9.76. The third-order valence-corrected chi connectivity index (χ3v) is 5.96. The summed E-state index contributed by atoms with van der Waals surface area (Å²) in [5, 5.41) is 11.6. The molecular weight excluding hydrogens is 439 g/mol. The molecule has 3 rings (SSSR count). The van der Waals surface area contributed by atoms with Crippen molar-refractivity contribution in [2.75, 3.05) is 20.1 Å². The summed E-state index contributed by atoms with van der Waals surface area (Å²) in [5.41, 5.74) is 0.694. The van der Waals surface area contributed by atoms with E-state index in [4.69, 9.17) is 27.9 Å². The standard InChI is InChI=1S/C20H20Cl2N2O4.ClH/c1-23-10-8-20(9-11-23,15-4-7-17(21)18(22)12-15)19(25)28-13-14-2-5-16(6-3-14)24(26)27;/h2-7,12H,8-11,13H2,1H3;1H. The Kier molecular flexibility index (Phi) is 7.88. The predicted molar refractivity (Wildman–Crippen MR) is 115 cm³/mol. The van der Waals surface area contributed by atoms with Crippen LogP contribution in [0.25, 0.3) is 0 Å². The zero-order valence-corrected chi connectivity index (χ0v) is 18.1. The quantitative estimate of drug-likeness (QED) is 0.356. The van der Waals surface area contributed by atoms with Gasteiger partial charge in [0.2, 0.25) is 0 Å². The van der Waals surface area contributed by atoms with Gasteiger partial charge in [-0.2, -0.15) is 0 Å². The van der Waals surface area contributed by atoms with Crippen LogP contribution in [-0.4, -0.2) is 35.9 Å². The Hall–Kier alpha value is -1.86. The van der Waals surface area contributed by atoms with Crippen molar-refractivity contribution in [2.24, 2.45) is 0 Å². The van der Waals surface area contributed by atoms with Crippen LogP contribution in [-0.2, 0) is 21.6 Å². The van der Waals surface area contributed by atoms with Gasteiger partial charge in [-0.15, -0.1) is 12.4 Å². The van der Waals surface area contributed by atoms with Gasteiger partial charge in [0.25, 0.3) is 5.69 Å². The van der Waals surface area contributed by atoms with Gasteiger partial charge in [0.1, 0.15) is 6.61 Å². The lowest BCUT2D eigenvalue weighted by molar-refractivity contribution is -0.384. The molecule has 1 fully saturated rings. The van der Waals surface area contributed by atoms with Gasteiger partial charge in [0.05, 0.1) is 20.4 Å². The van der Waals surface area contributed by atoms with Crippen LogP contribution in [0.2, 0.25) is 10.0 Å². The van der Waals surface area contributed by atoms with Crippen LogP contribution in [0.3, 0.4) is 0 Å². The molecule has 0 unspecified atom stereocenters. The molecule has 1 aliphatic heterocycles. The van der Waals surface area contributed by atoms with Gasteiger partial charge in [0, 0.05) is 12.1 Å². The summed E-state index contributed by atoms with van der Waals surface area (Å²) in [6.07, 6.45) is 1.22. The molecule has 1 saturated heterocycles. The SMILES string of the molecule is CN1CCC(C(=O)OCc2ccc([N+](=O)[O-])cc2)(c2ccc(Cl)c(Cl)c2)CC1.Cl. The first-order valence-electron chi connectivity index (χ1n) is 8.86. The van der Waals surface area contributed by atoms with Crippen molar-refractivity contribution >= 4 is 47.3 Å². The molecule has 9 heteroatoms. The van der Waals surface area contributed by atoms with Crippen LogP contribution in [0.5, 0.6) is 0 Å². The number of nitro benzene ring substituents is 1. The largest absolute Gasteiger partial charge is 0.460 e. The normalized spacial score (nSPS) is 16.0. The first-order chi connectivity index (χ1) is 13.3. The summed E-state index contributed by atoms with van der Waals surface area (Å²) >= 11 is 12.2. The van der Waals surface area contributed by atoms with E-state index >= 15 is 0 Å². The highest BCUT2D eigenvalue weighted by Gasteiger charge is 2.44. The number of nitrogens with zero attached hydrogens (tertiary/aromatic N) is 2. The number of benzene rings is 2. The van der Waals surface area contributed by atoms with Gasteiger partial charge < -0.3 is 9.64 Å². The first kappa shape index (κ1) is 23.4. The van der Waals surface area contributed by atoms with Crippen LogP contribution in [0.15, 0.2) is 42.5 Å². The molecule has 156 valence electrons. The van der Waals surface area contributed by atoms with Crippen LogP contribution in [0.4, 0.5) is 5.69 Å². The number of ether oxygens (including phenoxy) is 1. The molecule has 0 amide bonds. The molecule has 6 nitrogen and oxygen atoms in total. The maximum Gasteiger partial charge on any atom is 0.316 e. The van der Waals surface area contributed by atoms with Crippen LogP contribution in [0, 0.1) is 10.1 Å². The monoisotopic (exact) mass is 458 g/mol. The zero-order valence-electron chi connectivity index (χ0n) is 15.8. The molecule has 0 aromatic heterocycles. The van der Waals surface area contributed by atoms with Gasteiger partial charge in [-0.1, -0.05) is 29.3 Å². The molecule has 1 aliphatic rings. The summed E-state index contributed by atoms with van der Waals surface area (Å²) < 4.78 is 5.63. The summed E-state index contributed by atoms with van der Waals surface area (Å²) in [6, 6.07) is 11.2. The van der Waals surface area contributed by atoms with E-state index in [2.05, 4.69) is 4.90 Å². The van der Waals surface area contributed by atoms with Gasteiger partial charge >= 0.3 is 5.97 Å². The fourth-order valence-corrected chi connectivity index (χ4v) is 3.70. The van der Waals surface area contributed by atoms with Gasteiger partial charge in [-0.25, -0.2) is 0 Å². The van der Waals surface area contributed by atoms with E-state index in [0.717, 1.165) is 18.7 Å². The number of nitro groups is 1. The summed E-state index contributed by atoms with van der Waals surface area (Å²) in [6.45, 7) is 1.56. The van der Waals surface area contributed by atoms with Crippen molar-refractivity contribution in [2.45, 2.75) is 24.9 Å². The van der Waals surface area contributed by atoms with E-state index in [0.29, 0.717) is 28.5 Å². The number of likely N-dealkylation sites (tertiary alicyclic amines) is 1. The molecule has 29 heavy (non-hydrogen) atoms. The molecule has 0 N–H and O–H groups in total. The molecule has 0 aliphatic carbocycles. The number of hydrogen-bond acceptors (Lipinski definition) is 5. The van der Waals surface area contributed by atoms with Crippen molar-refractivity contribution in [3.63, 3.8) is 0 Å². The van der Waals surface area contributed by atoms with Crippen molar-refractivity contribution in [3.05, 3.63) is 73.8 Å². The molecule has 0 bridgehead atoms. The predicted octanol–water partition coefficient (Wildman–Crippen LogP) is 5.03. The minimum atomic E-state index is -0.790. The maximum atomic E-state index is 13.1. The number of rotatable bonds is 5. The summed E-state index contributed by atoms with van der Waals surface area (Å²) in [4.78, 5) is 25.6. The molecule has 0 radical (unpaired) electrons. The lowest BCUT2D eigenvalue weighted by Crippen LogP contribution is -2.47. The molecule has 0 saturated carbocycles. The average molecular weight is 460 g/mol. The number of carbonyl (C=O) groups is 1. The van der Waals surface area contributed by atoms with E-state index in [1.165, 1.54) is 12.1 Å². The molecule has 0 atom stereocenters. The Morgan fingerprint density at radius 1 is 1.14 bits per heavy atom. The number of halogens is 3. The van der Waals surface area contributed by atoms with Crippen LogP contribution >= 0.6 is 35.6 Å². The number of piperidine rings is 1. The molecule has 2 aromatic rings. The Labute approximate surface area is 185 Å². The van der Waals surface area contributed by atoms with Crippen LogP contribution < -0.4 is 0 Å². The zero-order chi connectivity index (χ0) is 20.3. The highest BCUT2D eigenvalue weighted by atomic mass is 35.5. The summed E-state index contributed by atoms with van der Waals surface area (Å²) in [5.74, 6) is -0.322. The highest BCUT2D eigenvalue weighted by molar-refractivity contribution is 6.42. The van der Waals surface area contributed by atoms with Crippen molar-refractivity contribution in [1.29, 1.82) is 0 Å². The third kappa shape index (κ3) is 5.20. The lowest BCUT2D eigenvalue weighted by atomic mass is 9.73. The number of non-ortho nitro benzene ring substituents is 1.